The molecule has 0 unspecified atom stereocenters. The van der Waals surface area contributed by atoms with Gasteiger partial charge in [0.25, 0.3) is 0 Å². The lowest BCUT2D eigenvalue weighted by atomic mass is 10.2. The van der Waals surface area contributed by atoms with Gasteiger partial charge in [-0.05, 0) is 30.3 Å². The lowest BCUT2D eigenvalue weighted by molar-refractivity contribution is 0.398. The molecule has 0 aliphatic carbocycles. The molecule has 0 atom stereocenters. The van der Waals surface area contributed by atoms with Gasteiger partial charge in [-0.25, -0.2) is 12.8 Å². The van der Waals surface area contributed by atoms with Crippen molar-refractivity contribution in [3.8, 4) is 5.75 Å². The Kier molecular flexibility index (Phi) is 4.59. The van der Waals surface area contributed by atoms with Crippen LogP contribution in [0.5, 0.6) is 5.75 Å². The van der Waals surface area contributed by atoms with Crippen LogP contribution in [-0.4, -0.2) is 26.9 Å². The SMILES string of the molecule is COc1ccccc1CN(C)S(=O)(=O)c1ccc(F)cc1. The molecule has 2 rings (SSSR count). The van der Waals surface area contributed by atoms with E-state index in [-0.39, 0.29) is 11.4 Å². The van der Waals surface area contributed by atoms with Crippen molar-refractivity contribution < 1.29 is 17.5 Å². The van der Waals surface area contributed by atoms with Crippen LogP contribution in [0.2, 0.25) is 0 Å². The quantitative estimate of drug-likeness (QED) is 0.853. The number of hydrogen-bond donors (Lipinski definition) is 0. The molecule has 0 spiro atoms. The molecule has 0 radical (unpaired) electrons. The smallest absolute Gasteiger partial charge is 0.243 e. The second kappa shape index (κ2) is 6.24. The van der Waals surface area contributed by atoms with Crippen LogP contribution < -0.4 is 4.74 Å². The van der Waals surface area contributed by atoms with Gasteiger partial charge in [-0.15, -0.1) is 0 Å². The maximum atomic E-state index is 12.9. The lowest BCUT2D eigenvalue weighted by Crippen LogP contribution is -2.26. The largest absolute Gasteiger partial charge is 0.496 e. The van der Waals surface area contributed by atoms with Crippen LogP contribution in [0.1, 0.15) is 5.56 Å². The Bertz CT molecular complexity index is 714. The van der Waals surface area contributed by atoms with Crippen molar-refractivity contribution >= 4 is 10.0 Å². The van der Waals surface area contributed by atoms with E-state index in [4.69, 9.17) is 4.74 Å². The van der Waals surface area contributed by atoms with E-state index in [2.05, 4.69) is 0 Å². The number of nitrogens with zero attached hydrogens (tertiary/aromatic N) is 1. The number of rotatable bonds is 5. The van der Waals surface area contributed by atoms with E-state index in [0.717, 1.165) is 17.7 Å². The van der Waals surface area contributed by atoms with E-state index in [0.29, 0.717) is 5.75 Å². The van der Waals surface area contributed by atoms with Crippen molar-refractivity contribution in [2.45, 2.75) is 11.4 Å². The zero-order valence-electron chi connectivity index (χ0n) is 11.8. The number of benzene rings is 2. The van der Waals surface area contributed by atoms with Crippen molar-refractivity contribution in [2.75, 3.05) is 14.2 Å². The van der Waals surface area contributed by atoms with Crippen molar-refractivity contribution in [3.63, 3.8) is 0 Å². The molecule has 0 saturated carbocycles. The molecule has 2 aromatic carbocycles. The third-order valence-electron chi connectivity index (χ3n) is 3.11. The van der Waals surface area contributed by atoms with Crippen molar-refractivity contribution in [2.24, 2.45) is 0 Å². The fourth-order valence-electron chi connectivity index (χ4n) is 1.94. The average molecular weight is 309 g/mol. The summed E-state index contributed by atoms with van der Waals surface area (Å²) >= 11 is 0. The Morgan fingerprint density at radius 2 is 1.71 bits per heavy atom. The van der Waals surface area contributed by atoms with E-state index in [1.807, 2.05) is 12.1 Å². The highest BCUT2D eigenvalue weighted by Gasteiger charge is 2.21. The minimum atomic E-state index is -3.67. The van der Waals surface area contributed by atoms with Gasteiger partial charge in [0.2, 0.25) is 10.0 Å². The third-order valence-corrected chi connectivity index (χ3v) is 4.92. The van der Waals surface area contributed by atoms with E-state index < -0.39 is 15.8 Å². The molecule has 21 heavy (non-hydrogen) atoms. The molecule has 0 aromatic heterocycles. The number of para-hydroxylation sites is 1. The second-order valence-corrected chi connectivity index (χ2v) is 6.57. The first-order chi connectivity index (χ1) is 9.95. The summed E-state index contributed by atoms with van der Waals surface area (Å²) in [4.78, 5) is 0.0568. The van der Waals surface area contributed by atoms with Crippen LogP contribution in [0.4, 0.5) is 4.39 Å². The molecule has 0 N–H and O–H groups in total. The van der Waals surface area contributed by atoms with Crippen molar-refractivity contribution in [1.82, 2.24) is 4.31 Å². The van der Waals surface area contributed by atoms with Crippen LogP contribution in [0.15, 0.2) is 53.4 Å². The van der Waals surface area contributed by atoms with Crippen molar-refractivity contribution in [1.29, 1.82) is 0 Å². The molecule has 0 aliphatic heterocycles. The van der Waals surface area contributed by atoms with Gasteiger partial charge < -0.3 is 4.74 Å². The molecule has 0 bridgehead atoms. The summed E-state index contributed by atoms with van der Waals surface area (Å²) in [7, 11) is -0.655. The normalized spacial score (nSPS) is 11.6. The molecule has 0 fully saturated rings. The maximum absolute atomic E-state index is 12.9. The lowest BCUT2D eigenvalue weighted by Gasteiger charge is -2.18. The first kappa shape index (κ1) is 15.5. The molecular weight excluding hydrogens is 293 g/mol. The third kappa shape index (κ3) is 3.40. The Morgan fingerprint density at radius 3 is 2.33 bits per heavy atom. The molecule has 0 saturated heterocycles. The van der Waals surface area contributed by atoms with Gasteiger partial charge in [0, 0.05) is 19.2 Å². The van der Waals surface area contributed by atoms with Crippen LogP contribution in [0.3, 0.4) is 0 Å². The van der Waals surface area contributed by atoms with Crippen LogP contribution in [-0.2, 0) is 16.6 Å². The highest BCUT2D eigenvalue weighted by atomic mass is 32.2. The Balaban J connectivity index is 2.26. The number of hydrogen-bond acceptors (Lipinski definition) is 3. The van der Waals surface area contributed by atoms with Gasteiger partial charge in [0.1, 0.15) is 11.6 Å². The van der Waals surface area contributed by atoms with Gasteiger partial charge in [-0.2, -0.15) is 4.31 Å². The maximum Gasteiger partial charge on any atom is 0.243 e. The molecule has 2 aromatic rings. The zero-order chi connectivity index (χ0) is 15.5. The first-order valence-electron chi connectivity index (χ1n) is 6.29. The Labute approximate surface area is 123 Å². The van der Waals surface area contributed by atoms with E-state index in [1.165, 1.54) is 30.6 Å². The fourth-order valence-corrected chi connectivity index (χ4v) is 3.09. The average Bonchev–Trinajstić information content (AvgIpc) is 2.48. The van der Waals surface area contributed by atoms with Gasteiger partial charge in [-0.3, -0.25) is 0 Å². The van der Waals surface area contributed by atoms with Gasteiger partial charge in [0.15, 0.2) is 0 Å². The summed E-state index contributed by atoms with van der Waals surface area (Å²) in [5.41, 5.74) is 0.758. The zero-order valence-corrected chi connectivity index (χ0v) is 12.6. The van der Waals surface area contributed by atoms with Crippen LogP contribution in [0.25, 0.3) is 0 Å². The summed E-state index contributed by atoms with van der Waals surface area (Å²) in [6.07, 6.45) is 0. The summed E-state index contributed by atoms with van der Waals surface area (Å²) in [5, 5.41) is 0. The Hall–Kier alpha value is -1.92. The van der Waals surface area contributed by atoms with E-state index in [9.17, 15) is 12.8 Å². The minimum absolute atomic E-state index is 0.0568. The number of sulfonamides is 1. The summed E-state index contributed by atoms with van der Waals surface area (Å²) in [6.45, 7) is 0.170. The van der Waals surface area contributed by atoms with E-state index >= 15 is 0 Å². The summed E-state index contributed by atoms with van der Waals surface area (Å²) in [5.74, 6) is 0.153. The van der Waals surface area contributed by atoms with Gasteiger partial charge >= 0.3 is 0 Å². The first-order valence-corrected chi connectivity index (χ1v) is 7.73. The van der Waals surface area contributed by atoms with Gasteiger partial charge in [-0.1, -0.05) is 18.2 Å². The minimum Gasteiger partial charge on any atom is -0.496 e. The predicted octanol–water partition coefficient (Wildman–Crippen LogP) is 2.66. The van der Waals surface area contributed by atoms with Crippen LogP contribution in [0, 0.1) is 5.82 Å². The second-order valence-electron chi connectivity index (χ2n) is 4.53. The molecule has 0 amide bonds. The molecule has 6 heteroatoms. The highest BCUT2D eigenvalue weighted by molar-refractivity contribution is 7.89. The molecule has 112 valence electrons. The Morgan fingerprint density at radius 1 is 1.10 bits per heavy atom. The van der Waals surface area contributed by atoms with Crippen LogP contribution >= 0.6 is 0 Å². The molecule has 4 nitrogen and oxygen atoms in total. The molecule has 0 aliphatic rings. The topological polar surface area (TPSA) is 46.6 Å². The number of methoxy groups -OCH3 is 1. The van der Waals surface area contributed by atoms with Gasteiger partial charge in [0.05, 0.1) is 12.0 Å². The molecular formula is C15H16FNO3S. The monoisotopic (exact) mass is 309 g/mol. The number of ether oxygens (including phenoxy) is 1. The number of halogens is 1. The predicted molar refractivity (Wildman–Crippen MR) is 78.0 cm³/mol. The fraction of sp³-hybridized carbons (Fsp3) is 0.200. The summed E-state index contributed by atoms with van der Waals surface area (Å²) < 4.78 is 44.1. The molecule has 0 heterocycles. The van der Waals surface area contributed by atoms with E-state index in [1.54, 1.807) is 12.1 Å². The summed E-state index contributed by atoms with van der Waals surface area (Å²) in [6, 6.07) is 12.0. The highest BCUT2D eigenvalue weighted by Crippen LogP contribution is 2.22. The van der Waals surface area contributed by atoms with Crippen molar-refractivity contribution in [3.05, 3.63) is 59.9 Å². The standard InChI is InChI=1S/C15H16FNO3S/c1-17(11-12-5-3-4-6-15(12)20-2)21(18,19)14-9-7-13(16)8-10-14/h3-10H,11H2,1-2H3.